The highest BCUT2D eigenvalue weighted by Gasteiger charge is 2.17. The zero-order valence-electron chi connectivity index (χ0n) is 11.7. The summed E-state index contributed by atoms with van der Waals surface area (Å²) in [7, 11) is 0. The highest BCUT2D eigenvalue weighted by Crippen LogP contribution is 2.18. The van der Waals surface area contributed by atoms with E-state index in [4.69, 9.17) is 5.11 Å². The van der Waals surface area contributed by atoms with Crippen molar-refractivity contribution in [2.45, 2.75) is 26.2 Å². The van der Waals surface area contributed by atoms with Crippen molar-refractivity contribution in [1.82, 2.24) is 5.32 Å². The standard InChI is InChI=1S/C14H18N2O5/c1-2-10(7-14(18)19)9-15-13(17)8-11-5-3-4-6-12(11)16(20)21/h3-6,10H,2,7-9H2,1H3,(H,15,17)(H,18,19). The number of aliphatic carboxylic acids is 1. The van der Waals surface area contributed by atoms with Gasteiger partial charge in [-0.25, -0.2) is 0 Å². The molecular formula is C14H18N2O5. The summed E-state index contributed by atoms with van der Waals surface area (Å²) in [6.07, 6.45) is 0.529. The number of hydrogen-bond donors (Lipinski definition) is 2. The first-order chi connectivity index (χ1) is 9.93. The molecule has 2 N–H and O–H groups in total. The summed E-state index contributed by atoms with van der Waals surface area (Å²) < 4.78 is 0. The quantitative estimate of drug-likeness (QED) is 0.560. The molecule has 7 heteroatoms. The Labute approximate surface area is 122 Å². The lowest BCUT2D eigenvalue weighted by Crippen LogP contribution is -2.31. The molecule has 0 aliphatic carbocycles. The molecule has 0 heterocycles. The van der Waals surface area contributed by atoms with Crippen LogP contribution >= 0.6 is 0 Å². The van der Waals surface area contributed by atoms with Gasteiger partial charge in [-0.1, -0.05) is 31.5 Å². The molecule has 0 aromatic heterocycles. The van der Waals surface area contributed by atoms with E-state index in [1.165, 1.54) is 12.1 Å². The average molecular weight is 294 g/mol. The zero-order valence-corrected chi connectivity index (χ0v) is 11.7. The predicted molar refractivity (Wildman–Crippen MR) is 75.8 cm³/mol. The predicted octanol–water partition coefficient (Wildman–Crippen LogP) is 1.75. The molecular weight excluding hydrogens is 276 g/mol. The van der Waals surface area contributed by atoms with Gasteiger partial charge in [0.2, 0.25) is 5.91 Å². The van der Waals surface area contributed by atoms with E-state index >= 15 is 0 Å². The maximum absolute atomic E-state index is 11.8. The van der Waals surface area contributed by atoms with Gasteiger partial charge in [-0.2, -0.15) is 0 Å². The Balaban J connectivity index is 2.58. The van der Waals surface area contributed by atoms with Crippen molar-refractivity contribution in [3.63, 3.8) is 0 Å². The SMILES string of the molecule is CCC(CNC(=O)Cc1ccccc1[N+](=O)[O-])CC(=O)O. The lowest BCUT2D eigenvalue weighted by atomic mass is 10.0. The lowest BCUT2D eigenvalue weighted by Gasteiger charge is -2.13. The minimum atomic E-state index is -0.908. The maximum atomic E-state index is 11.8. The fourth-order valence-corrected chi connectivity index (χ4v) is 1.94. The molecule has 0 aliphatic rings. The van der Waals surface area contributed by atoms with E-state index in [1.54, 1.807) is 12.1 Å². The number of benzene rings is 1. The first kappa shape index (κ1) is 16.6. The molecule has 114 valence electrons. The summed E-state index contributed by atoms with van der Waals surface area (Å²) in [4.78, 5) is 32.8. The second-order valence-electron chi connectivity index (χ2n) is 4.74. The molecule has 1 rings (SSSR count). The topological polar surface area (TPSA) is 110 Å². The van der Waals surface area contributed by atoms with Gasteiger partial charge < -0.3 is 10.4 Å². The highest BCUT2D eigenvalue weighted by atomic mass is 16.6. The van der Waals surface area contributed by atoms with Crippen molar-refractivity contribution in [2.24, 2.45) is 5.92 Å². The summed E-state index contributed by atoms with van der Waals surface area (Å²) in [6, 6.07) is 6.06. The number of rotatable bonds is 8. The Morgan fingerprint density at radius 3 is 2.62 bits per heavy atom. The summed E-state index contributed by atoms with van der Waals surface area (Å²) in [5.74, 6) is -1.40. The van der Waals surface area contributed by atoms with Crippen LogP contribution in [0, 0.1) is 16.0 Å². The van der Waals surface area contributed by atoms with Gasteiger partial charge >= 0.3 is 5.97 Å². The third-order valence-corrected chi connectivity index (χ3v) is 3.17. The Kier molecular flexibility index (Phi) is 6.32. The third kappa shape index (κ3) is 5.60. The molecule has 1 aromatic rings. The molecule has 0 spiro atoms. The van der Waals surface area contributed by atoms with Crippen LogP contribution in [0.2, 0.25) is 0 Å². The molecule has 0 aliphatic heterocycles. The molecule has 1 atom stereocenters. The van der Waals surface area contributed by atoms with Crippen LogP contribution in [0.3, 0.4) is 0 Å². The number of carboxylic acid groups (broad SMARTS) is 1. The summed E-state index contributed by atoms with van der Waals surface area (Å²) in [5, 5.41) is 22.2. The molecule has 0 saturated heterocycles. The van der Waals surface area contributed by atoms with Crippen LogP contribution in [0.4, 0.5) is 5.69 Å². The first-order valence-electron chi connectivity index (χ1n) is 6.64. The largest absolute Gasteiger partial charge is 0.481 e. The Bertz CT molecular complexity index is 530. The molecule has 1 amide bonds. The van der Waals surface area contributed by atoms with Gasteiger partial charge in [-0.15, -0.1) is 0 Å². The number of carbonyl (C=O) groups is 2. The molecule has 21 heavy (non-hydrogen) atoms. The van der Waals surface area contributed by atoms with E-state index in [0.29, 0.717) is 12.0 Å². The van der Waals surface area contributed by atoms with Crippen LogP contribution in [-0.2, 0) is 16.0 Å². The van der Waals surface area contributed by atoms with Crippen molar-refractivity contribution in [3.05, 3.63) is 39.9 Å². The first-order valence-corrected chi connectivity index (χ1v) is 6.64. The number of nitrogens with one attached hydrogen (secondary N) is 1. The van der Waals surface area contributed by atoms with Crippen LogP contribution in [0.25, 0.3) is 0 Å². The molecule has 0 bridgehead atoms. The Morgan fingerprint density at radius 1 is 1.38 bits per heavy atom. The molecule has 7 nitrogen and oxygen atoms in total. The van der Waals surface area contributed by atoms with E-state index in [-0.39, 0.29) is 36.9 Å². The van der Waals surface area contributed by atoms with Gasteiger partial charge in [-0.3, -0.25) is 19.7 Å². The third-order valence-electron chi connectivity index (χ3n) is 3.17. The number of nitro groups is 1. The lowest BCUT2D eigenvalue weighted by molar-refractivity contribution is -0.385. The van der Waals surface area contributed by atoms with Gasteiger partial charge in [-0.05, 0) is 5.92 Å². The highest BCUT2D eigenvalue weighted by molar-refractivity contribution is 5.79. The Hall–Kier alpha value is -2.44. The zero-order chi connectivity index (χ0) is 15.8. The fourth-order valence-electron chi connectivity index (χ4n) is 1.94. The minimum absolute atomic E-state index is 0.0116. The van der Waals surface area contributed by atoms with E-state index in [1.807, 2.05) is 6.92 Å². The van der Waals surface area contributed by atoms with Gasteiger partial charge in [0.05, 0.1) is 11.3 Å². The molecule has 0 fully saturated rings. The van der Waals surface area contributed by atoms with Crippen LogP contribution in [0.5, 0.6) is 0 Å². The monoisotopic (exact) mass is 294 g/mol. The van der Waals surface area contributed by atoms with Crippen LogP contribution in [-0.4, -0.2) is 28.5 Å². The molecule has 0 saturated carbocycles. The van der Waals surface area contributed by atoms with Gasteiger partial charge in [0, 0.05) is 24.6 Å². The second-order valence-corrected chi connectivity index (χ2v) is 4.74. The average Bonchev–Trinajstić information content (AvgIpc) is 2.43. The van der Waals surface area contributed by atoms with Gasteiger partial charge in [0.15, 0.2) is 0 Å². The number of para-hydroxylation sites is 1. The van der Waals surface area contributed by atoms with Gasteiger partial charge in [0.25, 0.3) is 5.69 Å². The summed E-state index contributed by atoms with van der Waals surface area (Å²) in [6.45, 7) is 2.10. The number of amides is 1. The molecule has 0 radical (unpaired) electrons. The van der Waals surface area contributed by atoms with Crippen molar-refractivity contribution in [1.29, 1.82) is 0 Å². The minimum Gasteiger partial charge on any atom is -0.481 e. The van der Waals surface area contributed by atoms with E-state index in [9.17, 15) is 19.7 Å². The number of nitrogens with zero attached hydrogens (tertiary/aromatic N) is 1. The van der Waals surface area contributed by atoms with Crippen molar-refractivity contribution >= 4 is 17.6 Å². The summed E-state index contributed by atoms with van der Waals surface area (Å²) >= 11 is 0. The molecule has 1 aromatic carbocycles. The number of hydrogen-bond acceptors (Lipinski definition) is 4. The van der Waals surface area contributed by atoms with Crippen LogP contribution < -0.4 is 5.32 Å². The second kappa shape index (κ2) is 7.98. The molecule has 1 unspecified atom stereocenters. The van der Waals surface area contributed by atoms with Crippen molar-refractivity contribution in [3.8, 4) is 0 Å². The number of nitro benzene ring substituents is 1. The van der Waals surface area contributed by atoms with Crippen LogP contribution in [0.1, 0.15) is 25.3 Å². The van der Waals surface area contributed by atoms with Crippen LogP contribution in [0.15, 0.2) is 24.3 Å². The van der Waals surface area contributed by atoms with Gasteiger partial charge in [0.1, 0.15) is 0 Å². The normalized spacial score (nSPS) is 11.7. The fraction of sp³-hybridized carbons (Fsp3) is 0.429. The van der Waals surface area contributed by atoms with E-state index in [2.05, 4.69) is 5.32 Å². The number of carboxylic acids is 1. The maximum Gasteiger partial charge on any atom is 0.303 e. The van der Waals surface area contributed by atoms with E-state index < -0.39 is 10.9 Å². The van der Waals surface area contributed by atoms with Crippen molar-refractivity contribution in [2.75, 3.05) is 6.54 Å². The smallest absolute Gasteiger partial charge is 0.303 e. The van der Waals surface area contributed by atoms with Crippen molar-refractivity contribution < 1.29 is 19.6 Å². The number of carbonyl (C=O) groups excluding carboxylic acids is 1. The van der Waals surface area contributed by atoms with E-state index in [0.717, 1.165) is 0 Å². The Morgan fingerprint density at radius 2 is 2.05 bits per heavy atom. The summed E-state index contributed by atoms with van der Waals surface area (Å²) in [5.41, 5.74) is 0.247.